The summed E-state index contributed by atoms with van der Waals surface area (Å²) in [5, 5.41) is 1.29. The van der Waals surface area contributed by atoms with Crippen LogP contribution in [-0.4, -0.2) is 4.57 Å². The van der Waals surface area contributed by atoms with Crippen molar-refractivity contribution in [2.75, 3.05) is 0 Å². The summed E-state index contributed by atoms with van der Waals surface area (Å²) in [5.74, 6) is 0. The number of aromatic nitrogens is 1. The molecule has 14 heavy (non-hydrogen) atoms. The Kier molecular flexibility index (Phi) is 2.30. The van der Waals surface area contributed by atoms with Crippen LogP contribution >= 0.6 is 0 Å². The molecule has 1 aromatic carbocycles. The highest BCUT2D eigenvalue weighted by Crippen LogP contribution is 2.20. The molecule has 0 saturated carbocycles. The van der Waals surface area contributed by atoms with Gasteiger partial charge in [-0.15, -0.1) is 0 Å². The quantitative estimate of drug-likeness (QED) is 0.771. The second-order valence-corrected chi connectivity index (χ2v) is 3.91. The van der Waals surface area contributed by atoms with E-state index in [9.17, 15) is 0 Å². The fourth-order valence-electron chi connectivity index (χ4n) is 1.77. The molecule has 2 rings (SSSR count). The van der Waals surface area contributed by atoms with Gasteiger partial charge in [0.25, 0.3) is 0 Å². The molecule has 2 N–H and O–H groups in total. The first-order chi connectivity index (χ1) is 6.72. The van der Waals surface area contributed by atoms with E-state index in [1.54, 1.807) is 0 Å². The van der Waals surface area contributed by atoms with E-state index in [1.807, 2.05) is 0 Å². The van der Waals surface area contributed by atoms with Gasteiger partial charge in [-0.2, -0.15) is 0 Å². The molecule has 0 unspecified atom stereocenters. The Hall–Kier alpha value is -1.28. The van der Waals surface area contributed by atoms with Crippen molar-refractivity contribution in [3.05, 3.63) is 36.0 Å². The molecule has 0 aliphatic rings. The highest BCUT2D eigenvalue weighted by Gasteiger charge is 2.03. The van der Waals surface area contributed by atoms with E-state index < -0.39 is 0 Å². The predicted octanol–water partition coefficient (Wildman–Crippen LogP) is 2.68. The maximum absolute atomic E-state index is 5.63. The summed E-state index contributed by atoms with van der Waals surface area (Å²) >= 11 is 0. The number of nitrogens with two attached hydrogens (primary N) is 1. The summed E-state index contributed by atoms with van der Waals surface area (Å²) in [7, 11) is 0. The molecule has 0 atom stereocenters. The van der Waals surface area contributed by atoms with Gasteiger partial charge in [-0.1, -0.05) is 12.1 Å². The van der Waals surface area contributed by atoms with E-state index in [2.05, 4.69) is 48.9 Å². The van der Waals surface area contributed by atoms with Crippen LogP contribution in [0.5, 0.6) is 0 Å². The monoisotopic (exact) mass is 188 g/mol. The fourth-order valence-corrected chi connectivity index (χ4v) is 1.77. The van der Waals surface area contributed by atoms with Crippen LogP contribution in [0.4, 0.5) is 0 Å². The van der Waals surface area contributed by atoms with Gasteiger partial charge in [0.2, 0.25) is 0 Å². The zero-order valence-corrected chi connectivity index (χ0v) is 8.70. The number of benzene rings is 1. The highest BCUT2D eigenvalue weighted by molar-refractivity contribution is 5.81. The van der Waals surface area contributed by atoms with Gasteiger partial charge in [-0.05, 0) is 36.9 Å². The van der Waals surface area contributed by atoms with Crippen LogP contribution in [0.3, 0.4) is 0 Å². The maximum atomic E-state index is 5.63. The highest BCUT2D eigenvalue weighted by atomic mass is 15.0. The van der Waals surface area contributed by atoms with Gasteiger partial charge in [0.05, 0.1) is 0 Å². The molecule has 0 saturated heterocycles. The standard InChI is InChI=1S/C12H16N2/c1-9(2)14-6-5-11-4-3-10(8-13)7-12(11)14/h3-7,9H,8,13H2,1-2H3. The summed E-state index contributed by atoms with van der Waals surface area (Å²) in [6.45, 7) is 4.99. The van der Waals surface area contributed by atoms with Gasteiger partial charge >= 0.3 is 0 Å². The summed E-state index contributed by atoms with van der Waals surface area (Å²) < 4.78 is 2.27. The number of fused-ring (bicyclic) bond motifs is 1. The minimum atomic E-state index is 0.500. The normalized spacial score (nSPS) is 11.4. The number of rotatable bonds is 2. The van der Waals surface area contributed by atoms with E-state index in [1.165, 1.54) is 16.5 Å². The molecule has 74 valence electrons. The molecule has 0 fully saturated rings. The Morgan fingerprint density at radius 1 is 1.29 bits per heavy atom. The first kappa shape index (κ1) is 9.28. The third-order valence-corrected chi connectivity index (χ3v) is 2.58. The first-order valence-corrected chi connectivity index (χ1v) is 5.02. The van der Waals surface area contributed by atoms with Crippen molar-refractivity contribution in [1.29, 1.82) is 0 Å². The molecule has 2 nitrogen and oxygen atoms in total. The Bertz CT molecular complexity index is 441. The van der Waals surface area contributed by atoms with Crippen LogP contribution < -0.4 is 5.73 Å². The minimum Gasteiger partial charge on any atom is -0.345 e. The average molecular weight is 188 g/mol. The zero-order valence-electron chi connectivity index (χ0n) is 8.70. The molecule has 2 heteroatoms. The smallest absolute Gasteiger partial charge is 0.0485 e. The molecule has 0 radical (unpaired) electrons. The van der Waals surface area contributed by atoms with Crippen molar-refractivity contribution in [3.8, 4) is 0 Å². The SMILES string of the molecule is CC(C)n1ccc2ccc(CN)cc21. The first-order valence-electron chi connectivity index (χ1n) is 5.02. The molecule has 0 amide bonds. The van der Waals surface area contributed by atoms with Crippen LogP contribution in [0.25, 0.3) is 10.9 Å². The summed E-state index contributed by atoms with van der Waals surface area (Å²) in [5.41, 5.74) is 8.10. The lowest BCUT2D eigenvalue weighted by Gasteiger charge is -2.09. The van der Waals surface area contributed by atoms with Crippen LogP contribution in [0.15, 0.2) is 30.5 Å². The van der Waals surface area contributed by atoms with Gasteiger partial charge < -0.3 is 10.3 Å². The van der Waals surface area contributed by atoms with Gasteiger partial charge in [0.15, 0.2) is 0 Å². The second-order valence-electron chi connectivity index (χ2n) is 3.91. The van der Waals surface area contributed by atoms with Crippen molar-refractivity contribution in [2.45, 2.75) is 26.4 Å². The molecular formula is C12H16N2. The summed E-state index contributed by atoms with van der Waals surface area (Å²) in [6.07, 6.45) is 2.13. The van der Waals surface area contributed by atoms with Crippen molar-refractivity contribution in [2.24, 2.45) is 5.73 Å². The molecule has 2 aromatic rings. The van der Waals surface area contributed by atoms with Gasteiger partial charge in [0, 0.05) is 24.3 Å². The molecule has 0 aliphatic carbocycles. The van der Waals surface area contributed by atoms with E-state index >= 15 is 0 Å². The van der Waals surface area contributed by atoms with Crippen molar-refractivity contribution in [3.63, 3.8) is 0 Å². The molecule has 1 heterocycles. The van der Waals surface area contributed by atoms with E-state index in [-0.39, 0.29) is 0 Å². The summed E-state index contributed by atoms with van der Waals surface area (Å²) in [4.78, 5) is 0. The second kappa shape index (κ2) is 3.46. The van der Waals surface area contributed by atoms with Crippen LogP contribution in [0.1, 0.15) is 25.5 Å². The third-order valence-electron chi connectivity index (χ3n) is 2.58. The molecular weight excluding hydrogens is 172 g/mol. The number of nitrogens with zero attached hydrogens (tertiary/aromatic N) is 1. The van der Waals surface area contributed by atoms with Crippen LogP contribution in [0, 0.1) is 0 Å². The van der Waals surface area contributed by atoms with Crippen molar-refractivity contribution < 1.29 is 0 Å². The molecule has 0 spiro atoms. The average Bonchev–Trinajstić information content (AvgIpc) is 2.59. The summed E-state index contributed by atoms with van der Waals surface area (Å²) in [6, 6.07) is 9.05. The lowest BCUT2D eigenvalue weighted by atomic mass is 10.1. The maximum Gasteiger partial charge on any atom is 0.0485 e. The Morgan fingerprint density at radius 2 is 2.07 bits per heavy atom. The molecule has 0 bridgehead atoms. The topological polar surface area (TPSA) is 30.9 Å². The zero-order chi connectivity index (χ0) is 10.1. The van der Waals surface area contributed by atoms with Crippen molar-refractivity contribution >= 4 is 10.9 Å². The number of hydrogen-bond donors (Lipinski definition) is 1. The van der Waals surface area contributed by atoms with Crippen molar-refractivity contribution in [1.82, 2.24) is 4.57 Å². The lowest BCUT2D eigenvalue weighted by molar-refractivity contribution is 0.623. The largest absolute Gasteiger partial charge is 0.345 e. The molecule has 1 aromatic heterocycles. The van der Waals surface area contributed by atoms with Gasteiger partial charge in [-0.3, -0.25) is 0 Å². The Labute approximate surface area is 84.3 Å². The minimum absolute atomic E-state index is 0.500. The third kappa shape index (κ3) is 1.42. The number of hydrogen-bond acceptors (Lipinski definition) is 1. The van der Waals surface area contributed by atoms with E-state index in [4.69, 9.17) is 5.73 Å². The van der Waals surface area contributed by atoms with Gasteiger partial charge in [0.1, 0.15) is 0 Å². The Balaban J connectivity index is 2.63. The van der Waals surface area contributed by atoms with E-state index in [0.717, 1.165) is 0 Å². The van der Waals surface area contributed by atoms with E-state index in [0.29, 0.717) is 12.6 Å². The fraction of sp³-hybridized carbons (Fsp3) is 0.333. The Morgan fingerprint density at radius 3 is 2.71 bits per heavy atom. The lowest BCUT2D eigenvalue weighted by Crippen LogP contribution is -2.00. The van der Waals surface area contributed by atoms with Crippen LogP contribution in [-0.2, 0) is 6.54 Å². The molecule has 0 aliphatic heterocycles. The van der Waals surface area contributed by atoms with Crippen LogP contribution in [0.2, 0.25) is 0 Å². The predicted molar refractivity (Wildman–Crippen MR) is 60.2 cm³/mol. The van der Waals surface area contributed by atoms with Gasteiger partial charge in [-0.25, -0.2) is 0 Å².